The first-order valence-corrected chi connectivity index (χ1v) is 10.8. The number of hydrogen-bond donors (Lipinski definition) is 0. The molecule has 0 spiro atoms. The van der Waals surface area contributed by atoms with E-state index in [9.17, 15) is 4.79 Å². The number of para-hydroxylation sites is 2. The zero-order valence-corrected chi connectivity index (χ0v) is 20.0. The minimum atomic E-state index is -0.346. The van der Waals surface area contributed by atoms with Gasteiger partial charge >= 0.3 is 5.97 Å². The minimum absolute atomic E-state index is 0. The Hall–Kier alpha value is -3.28. The van der Waals surface area contributed by atoms with Crippen LogP contribution in [0.3, 0.4) is 0 Å². The van der Waals surface area contributed by atoms with Crippen molar-refractivity contribution in [3.8, 4) is 5.88 Å². The molecule has 0 aliphatic carbocycles. The highest BCUT2D eigenvalue weighted by Gasteiger charge is 2.18. The van der Waals surface area contributed by atoms with Crippen LogP contribution in [0.2, 0.25) is 0 Å². The first-order valence-electron chi connectivity index (χ1n) is 10.8. The summed E-state index contributed by atoms with van der Waals surface area (Å²) in [6, 6.07) is 11.7. The second-order valence-electron chi connectivity index (χ2n) is 8.88. The summed E-state index contributed by atoms with van der Waals surface area (Å²) in [7, 11) is 0. The number of fused-ring (bicyclic) bond motifs is 1. The Morgan fingerprint density at radius 2 is 1.41 bits per heavy atom. The van der Waals surface area contributed by atoms with Crippen LogP contribution in [0.5, 0.6) is 5.88 Å². The third-order valence-corrected chi connectivity index (χ3v) is 3.91. The maximum Gasteiger partial charge on any atom is 0.308 e. The number of benzene rings is 1. The summed E-state index contributed by atoms with van der Waals surface area (Å²) < 4.78 is 10.9. The van der Waals surface area contributed by atoms with Crippen molar-refractivity contribution in [2.24, 2.45) is 5.92 Å². The zero-order chi connectivity index (χ0) is 23.7. The SMILES string of the molecule is C.C.C.C.C.CC(C)C(=O)OC(C)(C)C.CC(C)Oc1nc2ccccc2nc1/C=C/c1cccnc1. The zero-order valence-electron chi connectivity index (χ0n) is 20.0. The summed E-state index contributed by atoms with van der Waals surface area (Å²) in [5.74, 6) is 0.389. The number of aromatic nitrogens is 3. The van der Waals surface area contributed by atoms with E-state index in [1.807, 2.05) is 97.0 Å². The average Bonchev–Trinajstić information content (AvgIpc) is 2.72. The Labute approximate surface area is 227 Å². The van der Waals surface area contributed by atoms with Crippen LogP contribution in [0.15, 0.2) is 48.8 Å². The van der Waals surface area contributed by atoms with Crippen molar-refractivity contribution in [2.75, 3.05) is 0 Å². The fraction of sp³-hybridized carbons (Fsp3) is 0.484. The molecule has 0 aliphatic rings. The third-order valence-electron chi connectivity index (χ3n) is 3.91. The van der Waals surface area contributed by atoms with Gasteiger partial charge in [-0.1, -0.05) is 75.3 Å². The molecule has 2 aromatic heterocycles. The molecule has 3 aromatic rings. The van der Waals surface area contributed by atoms with Gasteiger partial charge in [0.1, 0.15) is 11.3 Å². The summed E-state index contributed by atoms with van der Waals surface area (Å²) in [4.78, 5) is 24.3. The fourth-order valence-corrected chi connectivity index (χ4v) is 2.49. The van der Waals surface area contributed by atoms with Gasteiger partial charge in [-0.2, -0.15) is 0 Å². The van der Waals surface area contributed by atoms with Gasteiger partial charge < -0.3 is 9.47 Å². The Bertz CT molecular complexity index is 1040. The molecule has 0 saturated heterocycles. The van der Waals surface area contributed by atoms with Gasteiger partial charge in [0.2, 0.25) is 5.88 Å². The normalized spacial score (nSPS) is 9.97. The predicted molar refractivity (Wildman–Crippen MR) is 163 cm³/mol. The number of carbonyl (C=O) groups excluding carboxylic acids is 1. The van der Waals surface area contributed by atoms with Crippen molar-refractivity contribution in [3.05, 3.63) is 60.0 Å². The molecular formula is C31H53N3O3. The minimum Gasteiger partial charge on any atom is -0.473 e. The van der Waals surface area contributed by atoms with Crippen LogP contribution in [0.25, 0.3) is 23.2 Å². The molecule has 0 bridgehead atoms. The first-order chi connectivity index (χ1) is 15.0. The standard InChI is InChI=1S/C18H17N3O.C8H16O2.5CH4/c1-13(2)22-18-17(10-9-14-6-5-11-19-12-14)20-15-7-3-4-8-16(15)21-18;1-6(2)7(9)10-8(3,4)5;;;;;/h3-13H,1-2H3;6H,1-5H3;5*1H4/b10-9+;;;;;;. The van der Waals surface area contributed by atoms with Crippen LogP contribution >= 0.6 is 0 Å². The number of rotatable bonds is 5. The average molecular weight is 516 g/mol. The molecule has 6 nitrogen and oxygen atoms in total. The highest BCUT2D eigenvalue weighted by Crippen LogP contribution is 2.22. The molecule has 0 radical (unpaired) electrons. The van der Waals surface area contributed by atoms with Gasteiger partial charge in [-0.25, -0.2) is 9.97 Å². The van der Waals surface area contributed by atoms with Crippen LogP contribution in [0, 0.1) is 5.92 Å². The lowest BCUT2D eigenvalue weighted by molar-refractivity contribution is -0.158. The molecule has 1 aromatic carbocycles. The number of carbonyl (C=O) groups is 1. The quantitative estimate of drug-likeness (QED) is 0.315. The van der Waals surface area contributed by atoms with E-state index < -0.39 is 0 Å². The molecule has 0 unspecified atom stereocenters. The second kappa shape index (κ2) is 18.9. The number of ether oxygens (including phenoxy) is 2. The molecule has 37 heavy (non-hydrogen) atoms. The molecule has 0 fully saturated rings. The maximum absolute atomic E-state index is 10.9. The van der Waals surface area contributed by atoms with Crippen molar-refractivity contribution < 1.29 is 14.3 Å². The van der Waals surface area contributed by atoms with E-state index in [-0.39, 0.29) is 60.7 Å². The van der Waals surface area contributed by atoms with Gasteiger partial charge in [0.25, 0.3) is 0 Å². The highest BCUT2D eigenvalue weighted by molar-refractivity contribution is 5.78. The summed E-state index contributed by atoms with van der Waals surface area (Å²) in [5.41, 5.74) is 3.06. The highest BCUT2D eigenvalue weighted by atomic mass is 16.6. The number of nitrogens with zero attached hydrogens (tertiary/aromatic N) is 3. The summed E-state index contributed by atoms with van der Waals surface area (Å²) >= 11 is 0. The Kier molecular flexibility index (Phi) is 20.9. The van der Waals surface area contributed by atoms with Crippen LogP contribution in [-0.4, -0.2) is 32.6 Å². The Morgan fingerprint density at radius 1 is 0.838 bits per heavy atom. The fourth-order valence-electron chi connectivity index (χ4n) is 2.49. The molecule has 210 valence electrons. The van der Waals surface area contributed by atoms with Gasteiger partial charge in [0.15, 0.2) is 0 Å². The molecular weight excluding hydrogens is 462 g/mol. The van der Waals surface area contributed by atoms with Crippen LogP contribution in [0.1, 0.15) is 96.9 Å². The Balaban J connectivity index is -0.000000319. The molecule has 0 amide bonds. The van der Waals surface area contributed by atoms with E-state index in [1.165, 1.54) is 0 Å². The van der Waals surface area contributed by atoms with Crippen LogP contribution in [0.4, 0.5) is 0 Å². The Morgan fingerprint density at radius 3 is 1.84 bits per heavy atom. The topological polar surface area (TPSA) is 74.2 Å². The van der Waals surface area contributed by atoms with E-state index in [0.717, 1.165) is 22.3 Å². The molecule has 3 rings (SSSR count). The van der Waals surface area contributed by atoms with Crippen LogP contribution in [-0.2, 0) is 9.53 Å². The monoisotopic (exact) mass is 515 g/mol. The van der Waals surface area contributed by atoms with E-state index in [2.05, 4.69) is 15.0 Å². The first kappa shape index (κ1) is 40.9. The van der Waals surface area contributed by atoms with Crippen molar-refractivity contribution in [2.45, 2.75) is 97.3 Å². The van der Waals surface area contributed by atoms with Gasteiger partial charge in [-0.05, 0) is 64.5 Å². The number of esters is 1. The molecule has 2 heterocycles. The third kappa shape index (κ3) is 14.8. The lowest BCUT2D eigenvalue weighted by Crippen LogP contribution is -2.26. The summed E-state index contributed by atoms with van der Waals surface area (Å²) in [5, 5.41) is 0. The summed E-state index contributed by atoms with van der Waals surface area (Å²) in [6.45, 7) is 13.2. The van der Waals surface area contributed by atoms with Gasteiger partial charge in [0, 0.05) is 12.4 Å². The molecule has 0 atom stereocenters. The lowest BCUT2D eigenvalue weighted by Gasteiger charge is -2.20. The molecule has 6 heteroatoms. The van der Waals surface area contributed by atoms with Crippen molar-refractivity contribution in [3.63, 3.8) is 0 Å². The van der Waals surface area contributed by atoms with Crippen molar-refractivity contribution >= 4 is 29.2 Å². The van der Waals surface area contributed by atoms with Gasteiger partial charge in [-0.3, -0.25) is 9.78 Å². The lowest BCUT2D eigenvalue weighted by atomic mass is 10.1. The maximum atomic E-state index is 10.9. The van der Waals surface area contributed by atoms with Gasteiger partial charge in [-0.15, -0.1) is 0 Å². The number of pyridine rings is 1. The summed E-state index contributed by atoms with van der Waals surface area (Å²) in [6.07, 6.45) is 7.46. The van der Waals surface area contributed by atoms with E-state index in [4.69, 9.17) is 9.47 Å². The molecule has 0 aliphatic heterocycles. The van der Waals surface area contributed by atoms with Crippen molar-refractivity contribution in [1.82, 2.24) is 15.0 Å². The van der Waals surface area contributed by atoms with Crippen LogP contribution < -0.4 is 4.74 Å². The molecule has 0 N–H and O–H groups in total. The molecule has 0 saturated carbocycles. The number of hydrogen-bond acceptors (Lipinski definition) is 6. The van der Waals surface area contributed by atoms with E-state index in [1.54, 1.807) is 12.4 Å². The smallest absolute Gasteiger partial charge is 0.308 e. The van der Waals surface area contributed by atoms with E-state index in [0.29, 0.717) is 5.88 Å². The predicted octanol–water partition coefficient (Wildman–Crippen LogP) is 9.15. The second-order valence-corrected chi connectivity index (χ2v) is 8.88. The van der Waals surface area contributed by atoms with Gasteiger partial charge in [0.05, 0.1) is 23.1 Å². The van der Waals surface area contributed by atoms with Crippen molar-refractivity contribution in [1.29, 1.82) is 0 Å². The largest absolute Gasteiger partial charge is 0.473 e. The van der Waals surface area contributed by atoms with E-state index >= 15 is 0 Å².